The summed E-state index contributed by atoms with van der Waals surface area (Å²) >= 11 is 5.96. The van der Waals surface area contributed by atoms with Gasteiger partial charge in [0.05, 0.1) is 16.5 Å². The van der Waals surface area contributed by atoms with Crippen molar-refractivity contribution in [2.24, 2.45) is 0 Å². The van der Waals surface area contributed by atoms with Crippen LogP contribution in [0.2, 0.25) is 5.02 Å². The lowest BCUT2D eigenvalue weighted by Gasteiger charge is -2.07. The summed E-state index contributed by atoms with van der Waals surface area (Å²) in [6.45, 7) is 0.144. The fourth-order valence-corrected chi connectivity index (χ4v) is 1.94. The normalized spacial score (nSPS) is 10.0. The van der Waals surface area contributed by atoms with E-state index in [-0.39, 0.29) is 22.8 Å². The van der Waals surface area contributed by atoms with Crippen LogP contribution in [0.1, 0.15) is 11.1 Å². The maximum Gasteiger partial charge on any atom is 0.270 e. The van der Waals surface area contributed by atoms with E-state index in [1.54, 1.807) is 12.1 Å². The number of nitro groups is 1. The molecule has 0 amide bonds. The zero-order valence-electron chi connectivity index (χ0n) is 10.1. The van der Waals surface area contributed by atoms with Crippen molar-refractivity contribution in [1.29, 1.82) is 5.26 Å². The number of non-ortho nitro benzene ring substituents is 1. The zero-order chi connectivity index (χ0) is 14.7. The summed E-state index contributed by atoms with van der Waals surface area (Å²) in [7, 11) is 0. The summed E-state index contributed by atoms with van der Waals surface area (Å²) in [5.41, 5.74) is 0.0567. The smallest absolute Gasteiger partial charge is 0.270 e. The minimum absolute atomic E-state index is 0.0329. The van der Waals surface area contributed by atoms with Crippen LogP contribution in [-0.4, -0.2) is 9.49 Å². The first-order valence-electron chi connectivity index (χ1n) is 5.55. The Balaban J connectivity index is 2.39. The molecule has 0 fully saturated rings. The third kappa shape index (κ3) is 2.68. The lowest BCUT2D eigenvalue weighted by molar-refractivity contribution is -0.384. The molecule has 1 heterocycles. The molecule has 0 aliphatic heterocycles. The van der Waals surface area contributed by atoms with Gasteiger partial charge in [-0.05, 0) is 23.8 Å². The van der Waals surface area contributed by atoms with E-state index in [0.29, 0.717) is 5.56 Å². The highest BCUT2D eigenvalue weighted by Crippen LogP contribution is 2.22. The second kappa shape index (κ2) is 5.55. The molecule has 0 unspecified atom stereocenters. The van der Waals surface area contributed by atoms with Gasteiger partial charge >= 0.3 is 0 Å². The van der Waals surface area contributed by atoms with Crippen molar-refractivity contribution in [3.63, 3.8) is 0 Å². The van der Waals surface area contributed by atoms with Gasteiger partial charge in [-0.2, -0.15) is 5.26 Å². The molecular weight excluding hydrogens is 282 g/mol. The van der Waals surface area contributed by atoms with Gasteiger partial charge in [0.15, 0.2) is 0 Å². The van der Waals surface area contributed by atoms with Crippen LogP contribution in [-0.2, 0) is 6.54 Å². The third-order valence-corrected chi connectivity index (χ3v) is 3.08. The van der Waals surface area contributed by atoms with E-state index >= 15 is 0 Å². The maximum absolute atomic E-state index is 11.9. The number of benzene rings is 1. The fraction of sp³-hybridized carbons (Fsp3) is 0.0769. The van der Waals surface area contributed by atoms with Gasteiger partial charge in [0, 0.05) is 18.3 Å². The van der Waals surface area contributed by atoms with Crippen LogP contribution < -0.4 is 5.56 Å². The van der Waals surface area contributed by atoms with E-state index < -0.39 is 10.5 Å². The van der Waals surface area contributed by atoms with Crippen molar-refractivity contribution in [3.05, 3.63) is 73.1 Å². The van der Waals surface area contributed by atoms with Gasteiger partial charge in [0.2, 0.25) is 0 Å². The molecule has 1 aromatic heterocycles. The second-order valence-electron chi connectivity index (χ2n) is 4.00. The van der Waals surface area contributed by atoms with Crippen LogP contribution in [0.25, 0.3) is 0 Å². The Labute approximate surface area is 118 Å². The van der Waals surface area contributed by atoms with E-state index in [1.807, 2.05) is 0 Å². The number of nitrogens with zero attached hydrogens (tertiary/aromatic N) is 3. The number of nitriles is 1. The number of rotatable bonds is 3. The Morgan fingerprint density at radius 3 is 2.75 bits per heavy atom. The Kier molecular flexibility index (Phi) is 3.82. The minimum Gasteiger partial charge on any atom is -0.310 e. The van der Waals surface area contributed by atoms with Gasteiger partial charge in [0.25, 0.3) is 11.2 Å². The molecule has 0 bridgehead atoms. The molecule has 0 radical (unpaired) electrons. The van der Waals surface area contributed by atoms with Crippen molar-refractivity contribution in [1.82, 2.24) is 4.57 Å². The predicted molar refractivity (Wildman–Crippen MR) is 72.6 cm³/mol. The molecule has 0 aliphatic rings. The zero-order valence-corrected chi connectivity index (χ0v) is 10.9. The SMILES string of the molecule is N#Cc1cccn(Cc2ccc([N+](=O)[O-])cc2Cl)c1=O. The van der Waals surface area contributed by atoms with Gasteiger partial charge in [-0.15, -0.1) is 0 Å². The molecule has 0 saturated carbocycles. The van der Waals surface area contributed by atoms with Crippen LogP contribution in [0.5, 0.6) is 0 Å². The molecule has 100 valence electrons. The molecular formula is C13H8ClN3O3. The molecule has 20 heavy (non-hydrogen) atoms. The Morgan fingerprint density at radius 1 is 1.40 bits per heavy atom. The number of hydrogen-bond donors (Lipinski definition) is 0. The topological polar surface area (TPSA) is 88.9 Å². The van der Waals surface area contributed by atoms with Crippen molar-refractivity contribution in [2.75, 3.05) is 0 Å². The van der Waals surface area contributed by atoms with Crippen molar-refractivity contribution in [3.8, 4) is 6.07 Å². The second-order valence-corrected chi connectivity index (χ2v) is 4.41. The highest BCUT2D eigenvalue weighted by molar-refractivity contribution is 6.31. The lowest BCUT2D eigenvalue weighted by Crippen LogP contribution is -2.22. The molecule has 1 aromatic carbocycles. The average molecular weight is 290 g/mol. The van der Waals surface area contributed by atoms with Crippen LogP contribution in [0, 0.1) is 21.4 Å². The Bertz CT molecular complexity index is 777. The molecule has 0 saturated heterocycles. The molecule has 6 nitrogen and oxygen atoms in total. The van der Waals surface area contributed by atoms with E-state index in [1.165, 1.54) is 35.0 Å². The van der Waals surface area contributed by atoms with Crippen molar-refractivity contribution >= 4 is 17.3 Å². The molecule has 7 heteroatoms. The van der Waals surface area contributed by atoms with Crippen molar-refractivity contribution in [2.45, 2.75) is 6.54 Å². The van der Waals surface area contributed by atoms with Gasteiger partial charge in [0.1, 0.15) is 11.6 Å². The first kappa shape index (κ1) is 13.8. The minimum atomic E-state index is -0.544. The van der Waals surface area contributed by atoms with Gasteiger partial charge in [-0.25, -0.2) is 0 Å². The summed E-state index contributed by atoms with van der Waals surface area (Å²) in [4.78, 5) is 22.0. The lowest BCUT2D eigenvalue weighted by atomic mass is 10.2. The molecule has 2 rings (SSSR count). The van der Waals surface area contributed by atoms with Crippen LogP contribution in [0.15, 0.2) is 41.3 Å². The van der Waals surface area contributed by atoms with Crippen LogP contribution >= 0.6 is 11.6 Å². The number of hydrogen-bond acceptors (Lipinski definition) is 4. The quantitative estimate of drug-likeness (QED) is 0.640. The maximum atomic E-state index is 11.9. The van der Waals surface area contributed by atoms with E-state index in [2.05, 4.69) is 0 Å². The third-order valence-electron chi connectivity index (χ3n) is 2.73. The first-order valence-corrected chi connectivity index (χ1v) is 5.93. The molecule has 0 aliphatic carbocycles. The monoisotopic (exact) mass is 289 g/mol. The largest absolute Gasteiger partial charge is 0.310 e. The van der Waals surface area contributed by atoms with E-state index in [0.717, 1.165) is 0 Å². The van der Waals surface area contributed by atoms with Crippen molar-refractivity contribution < 1.29 is 4.92 Å². The summed E-state index contributed by atoms with van der Waals surface area (Å²) in [6, 6.07) is 8.86. The van der Waals surface area contributed by atoms with Gasteiger partial charge in [-0.3, -0.25) is 14.9 Å². The molecule has 2 aromatic rings. The van der Waals surface area contributed by atoms with Gasteiger partial charge in [-0.1, -0.05) is 11.6 Å². The summed E-state index contributed by atoms with van der Waals surface area (Å²) in [6.07, 6.45) is 1.53. The summed E-state index contributed by atoms with van der Waals surface area (Å²) in [5, 5.41) is 19.6. The standard InChI is InChI=1S/C13H8ClN3O3/c14-12-6-11(17(19)20)4-3-10(12)8-16-5-1-2-9(7-15)13(16)18/h1-6H,8H2. The number of halogens is 1. The predicted octanol–water partition coefficient (Wildman–Crippen LogP) is 2.33. The highest BCUT2D eigenvalue weighted by Gasteiger charge is 2.10. The number of pyridine rings is 1. The van der Waals surface area contributed by atoms with E-state index in [9.17, 15) is 14.9 Å². The molecule has 0 N–H and O–H groups in total. The van der Waals surface area contributed by atoms with Crippen LogP contribution in [0.4, 0.5) is 5.69 Å². The summed E-state index contributed by atoms with van der Waals surface area (Å²) in [5.74, 6) is 0. The molecule has 0 spiro atoms. The van der Waals surface area contributed by atoms with Gasteiger partial charge < -0.3 is 4.57 Å². The number of aromatic nitrogens is 1. The Hall–Kier alpha value is -2.65. The molecule has 0 atom stereocenters. The van der Waals surface area contributed by atoms with E-state index in [4.69, 9.17) is 16.9 Å². The first-order chi connectivity index (χ1) is 9.52. The number of nitro benzene ring substituents is 1. The summed E-state index contributed by atoms with van der Waals surface area (Å²) < 4.78 is 1.32. The average Bonchev–Trinajstić information content (AvgIpc) is 2.43. The van der Waals surface area contributed by atoms with Crippen LogP contribution in [0.3, 0.4) is 0 Å². The fourth-order valence-electron chi connectivity index (χ4n) is 1.71. The Morgan fingerprint density at radius 2 is 2.15 bits per heavy atom. The highest BCUT2D eigenvalue weighted by atomic mass is 35.5.